The average Bonchev–Trinajstić information content (AvgIpc) is 3.29. The number of hydrogen-bond acceptors (Lipinski definition) is 3. The lowest BCUT2D eigenvalue weighted by Gasteiger charge is -2.40. The molecule has 26 heavy (non-hydrogen) atoms. The number of amides is 1. The lowest BCUT2D eigenvalue weighted by Crippen LogP contribution is -2.45. The predicted molar refractivity (Wildman–Crippen MR) is 92.5 cm³/mol. The van der Waals surface area contributed by atoms with Crippen LogP contribution in [0.15, 0.2) is 41.0 Å². The second-order valence-corrected chi connectivity index (χ2v) is 7.48. The van der Waals surface area contributed by atoms with Crippen LogP contribution in [0.3, 0.4) is 0 Å². The third-order valence-electron chi connectivity index (χ3n) is 5.62. The van der Waals surface area contributed by atoms with Crippen molar-refractivity contribution in [2.45, 2.75) is 25.8 Å². The van der Waals surface area contributed by atoms with Gasteiger partial charge in [-0.25, -0.2) is 8.78 Å². The number of carbonyl (C=O) groups is 1. The fourth-order valence-corrected chi connectivity index (χ4v) is 4.35. The van der Waals surface area contributed by atoms with E-state index in [0.29, 0.717) is 31.0 Å². The molecule has 4 rings (SSSR count). The molecule has 6 heteroatoms. The Morgan fingerprint density at radius 1 is 1.12 bits per heavy atom. The molecule has 2 aliphatic rings. The molecular weight excluding hydrogens is 338 g/mol. The molecule has 3 heterocycles. The molecule has 1 aromatic heterocycles. The van der Waals surface area contributed by atoms with Gasteiger partial charge in [-0.05, 0) is 44.0 Å². The van der Waals surface area contributed by atoms with Gasteiger partial charge in [-0.1, -0.05) is 12.1 Å². The van der Waals surface area contributed by atoms with E-state index in [2.05, 4.69) is 4.90 Å². The summed E-state index contributed by atoms with van der Waals surface area (Å²) < 4.78 is 32.7. The molecule has 0 aliphatic carbocycles. The van der Waals surface area contributed by atoms with Gasteiger partial charge in [0.15, 0.2) is 17.4 Å². The zero-order chi connectivity index (χ0) is 18.1. The Balaban J connectivity index is 1.43. The van der Waals surface area contributed by atoms with E-state index in [1.165, 1.54) is 6.26 Å². The number of furan rings is 1. The molecule has 2 aromatic rings. The summed E-state index contributed by atoms with van der Waals surface area (Å²) in [5, 5.41) is 0. The number of nitrogens with zero attached hydrogens (tertiary/aromatic N) is 2. The first kappa shape index (κ1) is 17.2. The summed E-state index contributed by atoms with van der Waals surface area (Å²) in [4.78, 5) is 16.6. The molecule has 2 aliphatic heterocycles. The third-order valence-corrected chi connectivity index (χ3v) is 5.62. The standard InChI is InChI=1S/C20H22F2N2O2/c21-16-5-1-4-15(18(16)22)12-23-9-3-7-20(13-23)8-10-24(14-20)19(25)17-6-2-11-26-17/h1-2,4-6,11H,3,7-10,12-14H2. The number of rotatable bonds is 3. The molecule has 0 bridgehead atoms. The van der Waals surface area contributed by atoms with E-state index >= 15 is 0 Å². The van der Waals surface area contributed by atoms with Crippen LogP contribution in [0.4, 0.5) is 8.78 Å². The first-order chi connectivity index (χ1) is 12.6. The monoisotopic (exact) mass is 360 g/mol. The minimum Gasteiger partial charge on any atom is -0.459 e. The van der Waals surface area contributed by atoms with Crippen LogP contribution in [0.25, 0.3) is 0 Å². The highest BCUT2D eigenvalue weighted by atomic mass is 19.2. The highest BCUT2D eigenvalue weighted by Gasteiger charge is 2.43. The summed E-state index contributed by atoms with van der Waals surface area (Å²) in [5.41, 5.74) is 0.424. The Labute approximate surface area is 151 Å². The molecule has 138 valence electrons. The van der Waals surface area contributed by atoms with E-state index in [-0.39, 0.29) is 11.3 Å². The Kier molecular flexibility index (Phi) is 4.53. The molecule has 1 spiro atoms. The molecule has 2 fully saturated rings. The topological polar surface area (TPSA) is 36.7 Å². The molecule has 1 amide bonds. The summed E-state index contributed by atoms with van der Waals surface area (Å²) in [5.74, 6) is -1.25. The molecular formula is C20H22F2N2O2. The summed E-state index contributed by atoms with van der Waals surface area (Å²) in [6.45, 7) is 3.46. The maximum absolute atomic E-state index is 14.0. The van der Waals surface area contributed by atoms with Crippen molar-refractivity contribution in [1.82, 2.24) is 9.80 Å². The van der Waals surface area contributed by atoms with Crippen LogP contribution >= 0.6 is 0 Å². The number of piperidine rings is 1. The Morgan fingerprint density at radius 2 is 2.00 bits per heavy atom. The van der Waals surface area contributed by atoms with Crippen LogP contribution in [0, 0.1) is 17.0 Å². The van der Waals surface area contributed by atoms with Gasteiger partial charge in [0.25, 0.3) is 5.91 Å². The van der Waals surface area contributed by atoms with Crippen molar-refractivity contribution in [3.05, 3.63) is 59.6 Å². The Morgan fingerprint density at radius 3 is 2.81 bits per heavy atom. The van der Waals surface area contributed by atoms with Crippen molar-refractivity contribution >= 4 is 5.91 Å². The van der Waals surface area contributed by atoms with Gasteiger partial charge >= 0.3 is 0 Å². The van der Waals surface area contributed by atoms with Crippen LogP contribution in [0.2, 0.25) is 0 Å². The summed E-state index contributed by atoms with van der Waals surface area (Å²) in [6.07, 6.45) is 4.49. The Bertz CT molecular complexity index is 793. The predicted octanol–water partition coefficient (Wildman–Crippen LogP) is 3.69. The van der Waals surface area contributed by atoms with Gasteiger partial charge in [0.1, 0.15) is 0 Å². The van der Waals surface area contributed by atoms with E-state index in [1.807, 2.05) is 4.90 Å². The fraction of sp³-hybridized carbons (Fsp3) is 0.450. The number of likely N-dealkylation sites (tertiary alicyclic amines) is 2. The van der Waals surface area contributed by atoms with Crippen LogP contribution in [0.5, 0.6) is 0 Å². The van der Waals surface area contributed by atoms with E-state index in [9.17, 15) is 13.6 Å². The smallest absolute Gasteiger partial charge is 0.289 e. The zero-order valence-corrected chi connectivity index (χ0v) is 14.6. The fourth-order valence-electron chi connectivity index (χ4n) is 4.35. The molecule has 0 radical (unpaired) electrons. The summed E-state index contributed by atoms with van der Waals surface area (Å²) in [7, 11) is 0. The number of halogens is 2. The summed E-state index contributed by atoms with van der Waals surface area (Å²) >= 11 is 0. The van der Waals surface area contributed by atoms with Gasteiger partial charge in [0.2, 0.25) is 0 Å². The average molecular weight is 360 g/mol. The van der Waals surface area contributed by atoms with Crippen molar-refractivity contribution in [3.63, 3.8) is 0 Å². The van der Waals surface area contributed by atoms with Gasteiger partial charge < -0.3 is 9.32 Å². The molecule has 2 saturated heterocycles. The first-order valence-electron chi connectivity index (χ1n) is 9.04. The van der Waals surface area contributed by atoms with Crippen molar-refractivity contribution < 1.29 is 18.0 Å². The highest BCUT2D eigenvalue weighted by Crippen LogP contribution is 2.40. The van der Waals surface area contributed by atoms with E-state index < -0.39 is 11.6 Å². The van der Waals surface area contributed by atoms with Crippen molar-refractivity contribution in [2.24, 2.45) is 5.41 Å². The van der Waals surface area contributed by atoms with E-state index in [0.717, 1.165) is 38.4 Å². The van der Waals surface area contributed by atoms with E-state index in [1.54, 1.807) is 24.3 Å². The molecule has 1 aromatic carbocycles. The van der Waals surface area contributed by atoms with Gasteiger partial charge in [-0.2, -0.15) is 0 Å². The number of benzene rings is 1. The molecule has 1 atom stereocenters. The van der Waals surface area contributed by atoms with E-state index in [4.69, 9.17) is 4.42 Å². The maximum atomic E-state index is 14.0. The first-order valence-corrected chi connectivity index (χ1v) is 9.04. The minimum absolute atomic E-state index is 0.0320. The molecule has 0 saturated carbocycles. The van der Waals surface area contributed by atoms with Gasteiger partial charge in [-0.3, -0.25) is 9.69 Å². The molecule has 0 N–H and O–H groups in total. The molecule has 4 nitrogen and oxygen atoms in total. The van der Waals surface area contributed by atoms with Crippen LogP contribution < -0.4 is 0 Å². The second-order valence-electron chi connectivity index (χ2n) is 7.48. The lowest BCUT2D eigenvalue weighted by molar-refractivity contribution is 0.0649. The highest BCUT2D eigenvalue weighted by molar-refractivity contribution is 5.91. The van der Waals surface area contributed by atoms with Gasteiger partial charge in [0.05, 0.1) is 6.26 Å². The van der Waals surface area contributed by atoms with Crippen molar-refractivity contribution in [3.8, 4) is 0 Å². The largest absolute Gasteiger partial charge is 0.459 e. The van der Waals surface area contributed by atoms with Crippen LogP contribution in [0.1, 0.15) is 35.4 Å². The zero-order valence-electron chi connectivity index (χ0n) is 14.6. The van der Waals surface area contributed by atoms with Gasteiger partial charge in [-0.15, -0.1) is 0 Å². The normalized spacial score (nSPS) is 23.7. The summed E-state index contributed by atoms with van der Waals surface area (Å²) in [6, 6.07) is 7.74. The van der Waals surface area contributed by atoms with Crippen LogP contribution in [-0.2, 0) is 6.54 Å². The second kappa shape index (κ2) is 6.83. The lowest BCUT2D eigenvalue weighted by atomic mass is 9.79. The van der Waals surface area contributed by atoms with Crippen LogP contribution in [-0.4, -0.2) is 41.9 Å². The SMILES string of the molecule is O=C(c1ccco1)N1CCC2(CCCN(Cc3cccc(F)c3F)C2)C1. The van der Waals surface area contributed by atoms with Crippen molar-refractivity contribution in [2.75, 3.05) is 26.2 Å². The number of hydrogen-bond donors (Lipinski definition) is 0. The van der Waals surface area contributed by atoms with Crippen molar-refractivity contribution in [1.29, 1.82) is 0 Å². The number of carbonyl (C=O) groups excluding carboxylic acids is 1. The Hall–Kier alpha value is -2.21. The third kappa shape index (κ3) is 3.26. The van der Waals surface area contributed by atoms with Gasteiger partial charge in [0, 0.05) is 37.2 Å². The molecule has 1 unspecified atom stereocenters. The minimum atomic E-state index is -0.801. The quantitative estimate of drug-likeness (QED) is 0.838. The maximum Gasteiger partial charge on any atom is 0.289 e.